The Hall–Kier alpha value is -3.18. The maximum absolute atomic E-state index is 13.3. The van der Waals surface area contributed by atoms with E-state index in [2.05, 4.69) is 16.0 Å². The summed E-state index contributed by atoms with van der Waals surface area (Å²) in [5.74, 6) is -0.378. The van der Waals surface area contributed by atoms with Crippen LogP contribution in [-0.2, 0) is 6.54 Å². The van der Waals surface area contributed by atoms with Gasteiger partial charge in [0.1, 0.15) is 4.88 Å². The van der Waals surface area contributed by atoms with Gasteiger partial charge in [0, 0.05) is 40.8 Å². The van der Waals surface area contributed by atoms with Crippen LogP contribution in [0.2, 0.25) is 0 Å². The predicted octanol–water partition coefficient (Wildman–Crippen LogP) is 3.74. The van der Waals surface area contributed by atoms with Gasteiger partial charge in [-0.05, 0) is 37.0 Å². The number of rotatable bonds is 6. The summed E-state index contributed by atoms with van der Waals surface area (Å²) >= 11 is 1.16. The molecular weight excluding hydrogens is 410 g/mol. The number of carbonyl (C=O) groups excluding carboxylic acids is 2. The second-order valence-electron chi connectivity index (χ2n) is 7.80. The molecular formula is C23H27N5O2S. The van der Waals surface area contributed by atoms with Gasteiger partial charge in [-0.15, -0.1) is 11.3 Å². The van der Waals surface area contributed by atoms with Gasteiger partial charge in [0.2, 0.25) is 0 Å². The molecule has 3 rings (SSSR count). The molecule has 0 aliphatic carbocycles. The van der Waals surface area contributed by atoms with Crippen LogP contribution in [0.5, 0.6) is 0 Å². The standard InChI is InChI=1S/C23H27N5O2S/c1-26(2)22(29)20-13-19(25-16-28-11-7-4-8-12-28)21(31-20)23(30)27(3)15-18-10-6-5-9-17(18)14-24/h5-6,9-10,13,16H,4,7-8,11-12,15H2,1-3H3/b25-16+. The summed E-state index contributed by atoms with van der Waals surface area (Å²) in [6, 6.07) is 11.1. The first kappa shape index (κ1) is 22.5. The maximum Gasteiger partial charge on any atom is 0.266 e. The van der Waals surface area contributed by atoms with Gasteiger partial charge in [0.15, 0.2) is 0 Å². The highest BCUT2D eigenvalue weighted by atomic mass is 32.1. The first-order valence-corrected chi connectivity index (χ1v) is 11.1. The molecule has 1 fully saturated rings. The van der Waals surface area contributed by atoms with Crippen molar-refractivity contribution in [1.29, 1.82) is 5.26 Å². The summed E-state index contributed by atoms with van der Waals surface area (Å²) in [6.45, 7) is 2.20. The van der Waals surface area contributed by atoms with Crippen LogP contribution in [0, 0.1) is 11.3 Å². The SMILES string of the molecule is CN(C)C(=O)c1cc(/N=C/N2CCCCC2)c(C(=O)N(C)Cc2ccccc2C#N)s1. The van der Waals surface area contributed by atoms with Crippen molar-refractivity contribution < 1.29 is 9.59 Å². The molecule has 0 spiro atoms. The van der Waals surface area contributed by atoms with Gasteiger partial charge < -0.3 is 14.7 Å². The second-order valence-corrected chi connectivity index (χ2v) is 8.85. The van der Waals surface area contributed by atoms with Gasteiger partial charge >= 0.3 is 0 Å². The number of thiophene rings is 1. The lowest BCUT2D eigenvalue weighted by atomic mass is 10.1. The Morgan fingerprint density at radius 1 is 1.16 bits per heavy atom. The van der Waals surface area contributed by atoms with Crippen molar-refractivity contribution in [2.45, 2.75) is 25.8 Å². The van der Waals surface area contributed by atoms with Crippen LogP contribution in [0.4, 0.5) is 5.69 Å². The molecule has 1 aromatic carbocycles. The van der Waals surface area contributed by atoms with Gasteiger partial charge in [-0.3, -0.25) is 9.59 Å². The Balaban J connectivity index is 1.87. The van der Waals surface area contributed by atoms with E-state index in [0.29, 0.717) is 27.5 Å². The second kappa shape index (κ2) is 10.2. The number of likely N-dealkylation sites (tertiary alicyclic amines) is 1. The van der Waals surface area contributed by atoms with Crippen LogP contribution in [0.3, 0.4) is 0 Å². The number of carbonyl (C=O) groups is 2. The van der Waals surface area contributed by atoms with Crippen molar-refractivity contribution in [3.8, 4) is 6.07 Å². The van der Waals surface area contributed by atoms with Crippen molar-refractivity contribution in [1.82, 2.24) is 14.7 Å². The van der Waals surface area contributed by atoms with Gasteiger partial charge in [0.05, 0.1) is 28.5 Å². The highest BCUT2D eigenvalue weighted by Crippen LogP contribution is 2.32. The van der Waals surface area contributed by atoms with E-state index in [-0.39, 0.29) is 11.8 Å². The summed E-state index contributed by atoms with van der Waals surface area (Å²) in [6.07, 6.45) is 5.27. The summed E-state index contributed by atoms with van der Waals surface area (Å²) in [4.78, 5) is 36.4. The van der Waals surface area contributed by atoms with E-state index in [0.717, 1.165) is 42.8 Å². The fourth-order valence-corrected chi connectivity index (χ4v) is 4.52. The third-order valence-corrected chi connectivity index (χ3v) is 6.27. The van der Waals surface area contributed by atoms with Gasteiger partial charge in [0.25, 0.3) is 11.8 Å². The van der Waals surface area contributed by atoms with Crippen molar-refractivity contribution in [3.63, 3.8) is 0 Å². The van der Waals surface area contributed by atoms with E-state index in [1.54, 1.807) is 50.6 Å². The van der Waals surface area contributed by atoms with Crippen molar-refractivity contribution in [2.24, 2.45) is 4.99 Å². The molecule has 0 bridgehead atoms. The van der Waals surface area contributed by atoms with Crippen molar-refractivity contribution >= 4 is 35.2 Å². The number of hydrogen-bond donors (Lipinski definition) is 0. The molecule has 2 aromatic rings. The molecule has 0 unspecified atom stereocenters. The molecule has 0 atom stereocenters. The van der Waals surface area contributed by atoms with Crippen LogP contribution in [0.1, 0.15) is 49.7 Å². The summed E-state index contributed by atoms with van der Waals surface area (Å²) in [7, 11) is 5.07. The lowest BCUT2D eigenvalue weighted by Gasteiger charge is -2.23. The Bertz CT molecular complexity index is 1020. The summed E-state index contributed by atoms with van der Waals surface area (Å²) in [5.41, 5.74) is 1.83. The number of nitrogens with zero attached hydrogens (tertiary/aromatic N) is 5. The zero-order chi connectivity index (χ0) is 22.4. The first-order valence-electron chi connectivity index (χ1n) is 10.3. The quantitative estimate of drug-likeness (QED) is 0.509. The average Bonchev–Trinajstić information content (AvgIpc) is 3.21. The van der Waals surface area contributed by atoms with E-state index in [9.17, 15) is 14.9 Å². The Kier molecular flexibility index (Phi) is 7.42. The van der Waals surface area contributed by atoms with E-state index >= 15 is 0 Å². The average molecular weight is 438 g/mol. The van der Waals surface area contributed by atoms with Gasteiger partial charge in [-0.2, -0.15) is 5.26 Å². The largest absolute Gasteiger partial charge is 0.363 e. The molecule has 0 saturated carbocycles. The Morgan fingerprint density at radius 2 is 1.87 bits per heavy atom. The molecule has 0 radical (unpaired) electrons. The monoisotopic (exact) mass is 437 g/mol. The van der Waals surface area contributed by atoms with Crippen LogP contribution >= 0.6 is 11.3 Å². The number of piperidine rings is 1. The Morgan fingerprint density at radius 3 is 2.55 bits per heavy atom. The molecule has 162 valence electrons. The highest BCUT2D eigenvalue weighted by molar-refractivity contribution is 7.16. The molecule has 1 aromatic heterocycles. The summed E-state index contributed by atoms with van der Waals surface area (Å²) < 4.78 is 0. The lowest BCUT2D eigenvalue weighted by molar-refractivity contribution is 0.0790. The number of nitriles is 1. The number of amides is 2. The summed E-state index contributed by atoms with van der Waals surface area (Å²) in [5, 5.41) is 9.32. The minimum absolute atomic E-state index is 0.157. The van der Waals surface area contributed by atoms with E-state index < -0.39 is 0 Å². The first-order chi connectivity index (χ1) is 14.9. The molecule has 8 heteroatoms. The van der Waals surface area contributed by atoms with Crippen molar-refractivity contribution in [3.05, 3.63) is 51.2 Å². The predicted molar refractivity (Wildman–Crippen MR) is 123 cm³/mol. The number of aliphatic imine (C=N–C) groups is 1. The third kappa shape index (κ3) is 5.50. The third-order valence-electron chi connectivity index (χ3n) is 5.17. The number of benzene rings is 1. The molecule has 7 nitrogen and oxygen atoms in total. The lowest BCUT2D eigenvalue weighted by Crippen LogP contribution is -2.28. The minimum atomic E-state index is -0.221. The zero-order valence-corrected chi connectivity index (χ0v) is 19.0. The molecule has 2 amide bonds. The Labute approximate surface area is 187 Å². The number of hydrogen-bond acceptors (Lipinski definition) is 5. The van der Waals surface area contributed by atoms with Gasteiger partial charge in [-0.1, -0.05) is 18.2 Å². The normalized spacial score (nSPS) is 13.8. The van der Waals surface area contributed by atoms with Crippen LogP contribution < -0.4 is 0 Å². The van der Waals surface area contributed by atoms with E-state index in [4.69, 9.17) is 0 Å². The zero-order valence-electron chi connectivity index (χ0n) is 18.2. The molecule has 1 saturated heterocycles. The fourth-order valence-electron chi connectivity index (χ4n) is 3.40. The molecule has 1 aliphatic rings. The fraction of sp³-hybridized carbons (Fsp3) is 0.391. The highest BCUT2D eigenvalue weighted by Gasteiger charge is 2.23. The topological polar surface area (TPSA) is 80.0 Å². The van der Waals surface area contributed by atoms with Crippen LogP contribution in [0.25, 0.3) is 0 Å². The smallest absolute Gasteiger partial charge is 0.266 e. The molecule has 31 heavy (non-hydrogen) atoms. The van der Waals surface area contributed by atoms with Crippen molar-refractivity contribution in [2.75, 3.05) is 34.2 Å². The van der Waals surface area contributed by atoms with Crippen LogP contribution in [-0.4, -0.2) is 67.1 Å². The molecule has 2 heterocycles. The van der Waals surface area contributed by atoms with E-state index in [1.165, 1.54) is 11.3 Å². The van der Waals surface area contributed by atoms with E-state index in [1.807, 2.05) is 12.1 Å². The minimum Gasteiger partial charge on any atom is -0.363 e. The van der Waals surface area contributed by atoms with Crippen LogP contribution in [0.15, 0.2) is 35.3 Å². The maximum atomic E-state index is 13.3. The molecule has 1 aliphatic heterocycles. The molecule has 0 N–H and O–H groups in total. The van der Waals surface area contributed by atoms with Gasteiger partial charge in [-0.25, -0.2) is 4.99 Å².